The van der Waals surface area contributed by atoms with Crippen LogP contribution in [0.4, 0.5) is 0 Å². The van der Waals surface area contributed by atoms with Gasteiger partial charge < -0.3 is 15.0 Å². The summed E-state index contributed by atoms with van der Waals surface area (Å²) in [6, 6.07) is 25.1. The van der Waals surface area contributed by atoms with Crippen LogP contribution in [0.25, 0.3) is 0 Å². The molecule has 0 unspecified atom stereocenters. The van der Waals surface area contributed by atoms with E-state index in [1.165, 1.54) is 11.1 Å². The summed E-state index contributed by atoms with van der Waals surface area (Å²) in [5.41, 5.74) is 4.58. The molecule has 0 aliphatic carbocycles. The van der Waals surface area contributed by atoms with Crippen molar-refractivity contribution < 1.29 is 9.53 Å². The summed E-state index contributed by atoms with van der Waals surface area (Å²) in [4.78, 5) is 18.5. The Bertz CT molecular complexity index is 1140. The van der Waals surface area contributed by atoms with Crippen LogP contribution in [0.3, 0.4) is 0 Å². The number of nitrogens with zero attached hydrogens (tertiary/aromatic N) is 2. The van der Waals surface area contributed by atoms with Crippen LogP contribution >= 0.6 is 11.8 Å². The third-order valence-electron chi connectivity index (χ3n) is 7.16. The van der Waals surface area contributed by atoms with Crippen molar-refractivity contribution in [1.29, 1.82) is 0 Å². The summed E-state index contributed by atoms with van der Waals surface area (Å²) in [6.07, 6.45) is 5.39. The quantitative estimate of drug-likeness (QED) is 0.228. The highest BCUT2D eigenvalue weighted by molar-refractivity contribution is 7.98. The molecule has 1 amide bonds. The van der Waals surface area contributed by atoms with Crippen molar-refractivity contribution in [2.45, 2.75) is 43.2 Å². The molecule has 38 heavy (non-hydrogen) atoms. The normalized spacial score (nSPS) is 14.5. The van der Waals surface area contributed by atoms with E-state index < -0.39 is 0 Å². The Morgan fingerprint density at radius 1 is 1.00 bits per heavy atom. The molecule has 1 aliphatic rings. The van der Waals surface area contributed by atoms with Crippen LogP contribution < -0.4 is 10.1 Å². The Morgan fingerprint density at radius 2 is 1.74 bits per heavy atom. The summed E-state index contributed by atoms with van der Waals surface area (Å²) in [7, 11) is 4.18. The fourth-order valence-electron chi connectivity index (χ4n) is 4.93. The lowest BCUT2D eigenvalue weighted by Crippen LogP contribution is -2.32. The summed E-state index contributed by atoms with van der Waals surface area (Å²) < 4.78 is 5.87. The average Bonchev–Trinajstić information content (AvgIpc) is 2.95. The maximum atomic E-state index is 12.6. The van der Waals surface area contributed by atoms with Gasteiger partial charge in [0.15, 0.2) is 0 Å². The van der Waals surface area contributed by atoms with Crippen molar-refractivity contribution in [3.05, 3.63) is 95.1 Å². The van der Waals surface area contributed by atoms with Crippen LogP contribution in [-0.4, -0.2) is 62.3 Å². The number of ether oxygens (including phenoxy) is 1. The molecule has 5 nitrogen and oxygen atoms in total. The van der Waals surface area contributed by atoms with E-state index in [0.29, 0.717) is 18.0 Å². The SMILES string of the molecule is CSc1ccc(C(=O)NCc2cccc(C3CCN(Cc4ccc(OCCCN(C)C)cc4)CC3)c2)cc1. The van der Waals surface area contributed by atoms with E-state index >= 15 is 0 Å². The number of nitrogens with one attached hydrogen (secondary N) is 1. The van der Waals surface area contributed by atoms with E-state index in [0.717, 1.165) is 68.3 Å². The molecule has 0 radical (unpaired) electrons. The van der Waals surface area contributed by atoms with E-state index in [9.17, 15) is 4.79 Å². The standard InChI is InChI=1S/C32H41N3O2S/c1-34(2)18-5-21-37-30-12-8-25(9-13-30)24-35-19-16-27(17-20-35)29-7-4-6-26(22-29)23-33-32(36)28-10-14-31(38-3)15-11-28/h4,6-15,22,27H,5,16-21,23-24H2,1-3H3,(H,33,36). The highest BCUT2D eigenvalue weighted by Crippen LogP contribution is 2.29. The zero-order valence-corrected chi connectivity index (χ0v) is 23.8. The van der Waals surface area contributed by atoms with Gasteiger partial charge in [-0.2, -0.15) is 0 Å². The van der Waals surface area contributed by atoms with Crippen LogP contribution in [0.5, 0.6) is 5.75 Å². The number of carbonyl (C=O) groups is 1. The number of thioether (sulfide) groups is 1. The first-order chi connectivity index (χ1) is 18.5. The Morgan fingerprint density at radius 3 is 2.42 bits per heavy atom. The van der Waals surface area contributed by atoms with Gasteiger partial charge >= 0.3 is 0 Å². The molecule has 6 heteroatoms. The molecule has 3 aromatic carbocycles. The topological polar surface area (TPSA) is 44.8 Å². The maximum absolute atomic E-state index is 12.6. The molecule has 1 aliphatic heterocycles. The smallest absolute Gasteiger partial charge is 0.251 e. The van der Waals surface area contributed by atoms with Gasteiger partial charge in [-0.15, -0.1) is 11.8 Å². The molecule has 202 valence electrons. The van der Waals surface area contributed by atoms with Gasteiger partial charge in [0, 0.05) is 30.1 Å². The minimum absolute atomic E-state index is 0.0275. The molecule has 0 bridgehead atoms. The van der Waals surface area contributed by atoms with E-state index in [1.807, 2.05) is 30.5 Å². The second kappa shape index (κ2) is 14.4. The van der Waals surface area contributed by atoms with Gasteiger partial charge in [-0.1, -0.05) is 36.4 Å². The Kier molecular flexibility index (Phi) is 10.7. The number of carbonyl (C=O) groups excluding carboxylic acids is 1. The van der Waals surface area contributed by atoms with Gasteiger partial charge in [0.05, 0.1) is 6.61 Å². The lowest BCUT2D eigenvalue weighted by atomic mass is 9.88. The molecule has 1 saturated heterocycles. The number of benzene rings is 3. The van der Waals surface area contributed by atoms with E-state index in [1.54, 1.807) is 11.8 Å². The van der Waals surface area contributed by atoms with Crippen LogP contribution in [0.2, 0.25) is 0 Å². The van der Waals surface area contributed by atoms with Gasteiger partial charge in [-0.25, -0.2) is 0 Å². The van der Waals surface area contributed by atoms with Crippen LogP contribution in [0.1, 0.15) is 52.2 Å². The first-order valence-electron chi connectivity index (χ1n) is 13.6. The predicted molar refractivity (Wildman–Crippen MR) is 158 cm³/mol. The fourth-order valence-corrected chi connectivity index (χ4v) is 5.34. The largest absolute Gasteiger partial charge is 0.494 e. The van der Waals surface area contributed by atoms with Crippen molar-refractivity contribution in [3.63, 3.8) is 0 Å². The summed E-state index contributed by atoms with van der Waals surface area (Å²) in [5, 5.41) is 3.07. The monoisotopic (exact) mass is 531 g/mol. The van der Waals surface area contributed by atoms with Crippen LogP contribution in [-0.2, 0) is 13.1 Å². The Balaban J connectivity index is 1.21. The van der Waals surface area contributed by atoms with Crippen LogP contribution in [0.15, 0.2) is 77.7 Å². The summed E-state index contributed by atoms with van der Waals surface area (Å²) in [6.45, 7) is 5.52. The lowest BCUT2D eigenvalue weighted by Gasteiger charge is -2.32. The summed E-state index contributed by atoms with van der Waals surface area (Å²) in [5.74, 6) is 1.50. The lowest BCUT2D eigenvalue weighted by molar-refractivity contribution is 0.0951. The first-order valence-corrected chi connectivity index (χ1v) is 14.8. The van der Waals surface area contributed by atoms with Crippen molar-refractivity contribution in [3.8, 4) is 5.75 Å². The Labute approximate surface area is 232 Å². The third kappa shape index (κ3) is 8.62. The zero-order chi connectivity index (χ0) is 26.7. The molecule has 1 heterocycles. The molecule has 0 saturated carbocycles. The highest BCUT2D eigenvalue weighted by atomic mass is 32.2. The molecule has 0 atom stereocenters. The number of piperidine rings is 1. The molecule has 1 N–H and O–H groups in total. The summed E-state index contributed by atoms with van der Waals surface area (Å²) >= 11 is 1.68. The van der Waals surface area contributed by atoms with Crippen molar-refractivity contribution >= 4 is 17.7 Å². The second-order valence-electron chi connectivity index (χ2n) is 10.4. The average molecular weight is 532 g/mol. The molecule has 3 aromatic rings. The van der Waals surface area contributed by atoms with E-state index in [-0.39, 0.29) is 5.91 Å². The third-order valence-corrected chi connectivity index (χ3v) is 7.91. The number of amides is 1. The molecular formula is C32H41N3O2S. The predicted octanol–water partition coefficient (Wildman–Crippen LogP) is 6.05. The van der Waals surface area contributed by atoms with Crippen molar-refractivity contribution in [1.82, 2.24) is 15.1 Å². The minimum atomic E-state index is -0.0275. The zero-order valence-electron chi connectivity index (χ0n) is 23.0. The van der Waals surface area contributed by atoms with Gasteiger partial charge in [0.2, 0.25) is 0 Å². The number of rotatable bonds is 12. The van der Waals surface area contributed by atoms with E-state index in [2.05, 4.69) is 77.7 Å². The molecular weight excluding hydrogens is 490 g/mol. The molecule has 4 rings (SSSR count). The highest BCUT2D eigenvalue weighted by Gasteiger charge is 2.21. The van der Waals surface area contributed by atoms with Crippen LogP contribution in [0, 0.1) is 0 Å². The fraction of sp³-hybridized carbons (Fsp3) is 0.406. The second-order valence-corrected chi connectivity index (χ2v) is 11.2. The number of hydrogen-bond acceptors (Lipinski definition) is 5. The van der Waals surface area contributed by atoms with Gasteiger partial charge in [-0.3, -0.25) is 9.69 Å². The van der Waals surface area contributed by atoms with Gasteiger partial charge in [-0.05, 0) is 112 Å². The van der Waals surface area contributed by atoms with Crippen molar-refractivity contribution in [2.75, 3.05) is 46.6 Å². The van der Waals surface area contributed by atoms with Gasteiger partial charge in [0.25, 0.3) is 5.91 Å². The first kappa shape index (κ1) is 28.2. The van der Waals surface area contributed by atoms with Gasteiger partial charge in [0.1, 0.15) is 5.75 Å². The number of hydrogen-bond donors (Lipinski definition) is 1. The van der Waals surface area contributed by atoms with E-state index in [4.69, 9.17) is 4.74 Å². The molecule has 0 spiro atoms. The Hall–Kier alpha value is -2.80. The maximum Gasteiger partial charge on any atom is 0.251 e. The number of likely N-dealkylation sites (tertiary alicyclic amines) is 1. The minimum Gasteiger partial charge on any atom is -0.494 e. The molecule has 0 aromatic heterocycles. The molecule has 1 fully saturated rings. The van der Waals surface area contributed by atoms with Crippen molar-refractivity contribution in [2.24, 2.45) is 0 Å².